The van der Waals surface area contributed by atoms with Gasteiger partial charge in [-0.25, -0.2) is 4.63 Å². The average molecular weight is 418 g/mol. The van der Waals surface area contributed by atoms with E-state index in [1.54, 1.807) is 14.2 Å². The lowest BCUT2D eigenvalue weighted by Gasteiger charge is -2.29. The molecule has 8 heteroatoms. The number of Topliss-reactive ketones (excluding diaryl/α,β-unsaturated/α-hetero) is 1. The summed E-state index contributed by atoms with van der Waals surface area (Å²) >= 11 is 0. The topological polar surface area (TPSA) is 98.5 Å². The molecule has 3 aromatic rings. The first kappa shape index (κ1) is 19.2. The summed E-state index contributed by atoms with van der Waals surface area (Å²) in [6.45, 7) is 0. The Bertz CT molecular complexity index is 1140. The molecule has 0 spiro atoms. The van der Waals surface area contributed by atoms with Crippen molar-refractivity contribution < 1.29 is 18.9 Å². The van der Waals surface area contributed by atoms with Gasteiger partial charge in [-0.1, -0.05) is 24.3 Å². The van der Waals surface area contributed by atoms with Crippen molar-refractivity contribution in [1.82, 2.24) is 10.3 Å². The van der Waals surface area contributed by atoms with Gasteiger partial charge in [0.2, 0.25) is 11.6 Å². The minimum atomic E-state index is -0.370. The number of carbonyl (C=O) groups excluding carboxylic acids is 1. The number of benzene rings is 2. The number of ketones is 1. The molecule has 1 aromatic heterocycles. The Kier molecular flexibility index (Phi) is 4.82. The SMILES string of the molecule is COc1ccc([C@H]2CC(=O)C3=C(C2)Nc2nonc2N[C@H]3c2ccc(OC)cc2)cc1. The zero-order chi connectivity index (χ0) is 21.4. The minimum absolute atomic E-state index is 0.0579. The van der Waals surface area contributed by atoms with Gasteiger partial charge in [-0.15, -0.1) is 0 Å². The number of hydrogen-bond acceptors (Lipinski definition) is 8. The molecule has 2 heterocycles. The standard InChI is InChI=1S/C23H22N4O4/c1-29-16-7-3-13(4-8-16)15-11-18-20(19(28)12-15)21(14-5-9-17(30-2)10-6-14)25-23-22(24-18)26-31-27-23/h3-10,15,21H,11-12H2,1-2H3,(H,24,26)(H,25,27)/t15-,21+/m1/s1. The van der Waals surface area contributed by atoms with Gasteiger partial charge in [0.05, 0.1) is 20.3 Å². The third kappa shape index (κ3) is 3.50. The Morgan fingerprint density at radius 1 is 0.871 bits per heavy atom. The van der Waals surface area contributed by atoms with E-state index >= 15 is 0 Å². The first-order valence-electron chi connectivity index (χ1n) is 10.1. The Hall–Kier alpha value is -3.81. The molecule has 0 unspecified atom stereocenters. The molecule has 31 heavy (non-hydrogen) atoms. The van der Waals surface area contributed by atoms with Crippen LogP contribution < -0.4 is 20.1 Å². The summed E-state index contributed by atoms with van der Waals surface area (Å²) in [6.07, 6.45) is 1.10. The molecule has 2 N–H and O–H groups in total. The second-order valence-electron chi connectivity index (χ2n) is 7.63. The molecule has 8 nitrogen and oxygen atoms in total. The Balaban J connectivity index is 1.54. The van der Waals surface area contributed by atoms with E-state index in [1.165, 1.54) is 0 Å². The quantitative estimate of drug-likeness (QED) is 0.654. The van der Waals surface area contributed by atoms with Crippen LogP contribution in [0.5, 0.6) is 11.5 Å². The number of rotatable bonds is 4. The lowest BCUT2D eigenvalue weighted by molar-refractivity contribution is -0.116. The molecular formula is C23H22N4O4. The van der Waals surface area contributed by atoms with Crippen molar-refractivity contribution in [3.05, 3.63) is 70.9 Å². The summed E-state index contributed by atoms with van der Waals surface area (Å²) < 4.78 is 15.5. The van der Waals surface area contributed by atoms with Gasteiger partial charge in [-0.2, -0.15) is 0 Å². The fraction of sp³-hybridized carbons (Fsp3) is 0.261. The van der Waals surface area contributed by atoms with Crippen LogP contribution >= 0.6 is 0 Å². The number of hydrogen-bond donors (Lipinski definition) is 2. The van der Waals surface area contributed by atoms with Crippen molar-refractivity contribution in [1.29, 1.82) is 0 Å². The Labute approximate surface area is 179 Å². The monoisotopic (exact) mass is 418 g/mol. The maximum absolute atomic E-state index is 13.4. The highest BCUT2D eigenvalue weighted by Crippen LogP contribution is 2.43. The fourth-order valence-electron chi connectivity index (χ4n) is 4.26. The minimum Gasteiger partial charge on any atom is -0.497 e. The van der Waals surface area contributed by atoms with Crippen LogP contribution in [0.15, 0.2) is 64.4 Å². The van der Waals surface area contributed by atoms with E-state index in [-0.39, 0.29) is 17.7 Å². The van der Waals surface area contributed by atoms with Gasteiger partial charge < -0.3 is 20.1 Å². The van der Waals surface area contributed by atoms with Crippen LogP contribution in [0, 0.1) is 0 Å². The van der Waals surface area contributed by atoms with Crippen LogP contribution in [0.4, 0.5) is 11.6 Å². The molecule has 0 amide bonds. The highest BCUT2D eigenvalue weighted by Gasteiger charge is 2.37. The van der Waals surface area contributed by atoms with Crippen molar-refractivity contribution in [2.75, 3.05) is 24.9 Å². The second kappa shape index (κ2) is 7.79. The highest BCUT2D eigenvalue weighted by atomic mass is 16.6. The van der Waals surface area contributed by atoms with E-state index < -0.39 is 0 Å². The smallest absolute Gasteiger partial charge is 0.219 e. The number of aromatic nitrogens is 2. The van der Waals surface area contributed by atoms with Crippen molar-refractivity contribution in [2.45, 2.75) is 24.8 Å². The molecule has 158 valence electrons. The van der Waals surface area contributed by atoms with Crippen molar-refractivity contribution >= 4 is 17.4 Å². The largest absolute Gasteiger partial charge is 0.497 e. The number of methoxy groups -OCH3 is 2. The van der Waals surface area contributed by atoms with E-state index in [4.69, 9.17) is 14.1 Å². The second-order valence-corrected chi connectivity index (χ2v) is 7.63. The molecule has 0 bridgehead atoms. The predicted molar refractivity (Wildman–Crippen MR) is 114 cm³/mol. The molecule has 1 aliphatic carbocycles. The van der Waals surface area contributed by atoms with Gasteiger partial charge in [0, 0.05) is 17.7 Å². The van der Waals surface area contributed by atoms with Crippen molar-refractivity contribution in [3.8, 4) is 11.5 Å². The molecule has 2 atom stereocenters. The number of allylic oxidation sites excluding steroid dienone is 1. The molecule has 5 rings (SSSR count). The Morgan fingerprint density at radius 2 is 1.48 bits per heavy atom. The third-order valence-corrected chi connectivity index (χ3v) is 5.87. The summed E-state index contributed by atoms with van der Waals surface area (Å²) in [7, 11) is 3.27. The van der Waals surface area contributed by atoms with Crippen LogP contribution in [-0.4, -0.2) is 30.3 Å². The number of nitrogens with one attached hydrogen (secondary N) is 2. The van der Waals surface area contributed by atoms with E-state index in [0.29, 0.717) is 30.1 Å². The molecule has 0 saturated carbocycles. The van der Waals surface area contributed by atoms with Crippen LogP contribution in [0.2, 0.25) is 0 Å². The first-order valence-corrected chi connectivity index (χ1v) is 10.1. The first-order chi connectivity index (χ1) is 15.2. The lowest BCUT2D eigenvalue weighted by atomic mass is 9.78. The van der Waals surface area contributed by atoms with Crippen LogP contribution in [0.3, 0.4) is 0 Å². The predicted octanol–water partition coefficient (Wildman–Crippen LogP) is 4.07. The maximum atomic E-state index is 13.4. The number of ether oxygens (including phenoxy) is 2. The molecule has 2 aliphatic rings. The summed E-state index contributed by atoms with van der Waals surface area (Å²) in [4.78, 5) is 13.4. The van der Waals surface area contributed by atoms with Crippen molar-refractivity contribution in [2.24, 2.45) is 0 Å². The maximum Gasteiger partial charge on any atom is 0.219 e. The number of fused-ring (bicyclic) bond motifs is 1. The van der Waals surface area contributed by atoms with Gasteiger partial charge in [-0.05, 0) is 58.0 Å². The van der Waals surface area contributed by atoms with Gasteiger partial charge in [-0.3, -0.25) is 4.79 Å². The molecule has 0 radical (unpaired) electrons. The van der Waals surface area contributed by atoms with E-state index in [1.807, 2.05) is 48.5 Å². The van der Waals surface area contributed by atoms with E-state index in [9.17, 15) is 4.79 Å². The third-order valence-electron chi connectivity index (χ3n) is 5.87. The lowest BCUT2D eigenvalue weighted by Crippen LogP contribution is -2.27. The zero-order valence-electron chi connectivity index (χ0n) is 17.2. The van der Waals surface area contributed by atoms with Gasteiger partial charge in [0.1, 0.15) is 11.5 Å². The molecule has 0 fully saturated rings. The summed E-state index contributed by atoms with van der Waals surface area (Å²) in [5.41, 5.74) is 3.57. The van der Waals surface area contributed by atoms with Crippen LogP contribution in [0.25, 0.3) is 0 Å². The van der Waals surface area contributed by atoms with E-state index in [0.717, 1.165) is 28.3 Å². The van der Waals surface area contributed by atoms with Crippen molar-refractivity contribution in [3.63, 3.8) is 0 Å². The molecule has 0 saturated heterocycles. The van der Waals surface area contributed by atoms with Crippen LogP contribution in [-0.2, 0) is 4.79 Å². The zero-order valence-corrected chi connectivity index (χ0v) is 17.2. The number of anilines is 2. The summed E-state index contributed by atoms with van der Waals surface area (Å²) in [5, 5.41) is 14.6. The molecular weight excluding hydrogens is 396 g/mol. The van der Waals surface area contributed by atoms with Gasteiger partial charge >= 0.3 is 0 Å². The Morgan fingerprint density at radius 3 is 2.13 bits per heavy atom. The van der Waals surface area contributed by atoms with Gasteiger partial charge in [0.25, 0.3) is 0 Å². The fourth-order valence-corrected chi connectivity index (χ4v) is 4.26. The van der Waals surface area contributed by atoms with E-state index in [2.05, 4.69) is 20.9 Å². The average Bonchev–Trinajstić information content (AvgIpc) is 3.17. The van der Waals surface area contributed by atoms with Gasteiger partial charge in [0.15, 0.2) is 5.78 Å². The normalized spacial score (nSPS) is 20.1. The molecule has 1 aliphatic heterocycles. The molecule has 2 aromatic carbocycles. The highest BCUT2D eigenvalue weighted by molar-refractivity contribution is 6.00. The van der Waals surface area contributed by atoms with Crippen LogP contribution in [0.1, 0.15) is 35.9 Å². The number of nitrogens with zero attached hydrogens (tertiary/aromatic N) is 2. The summed E-state index contributed by atoms with van der Waals surface area (Å²) in [6, 6.07) is 15.2. The summed E-state index contributed by atoms with van der Waals surface area (Å²) in [5.74, 6) is 2.65. The number of carbonyl (C=O) groups is 1.